The van der Waals surface area contributed by atoms with Crippen molar-refractivity contribution in [3.63, 3.8) is 0 Å². The Morgan fingerprint density at radius 1 is 1.30 bits per heavy atom. The van der Waals surface area contributed by atoms with Crippen LogP contribution in [0.25, 0.3) is 6.08 Å². The zero-order chi connectivity index (χ0) is 16.4. The van der Waals surface area contributed by atoms with Crippen LogP contribution < -0.4 is 5.32 Å². The standard InChI is InChI=1S/C19H18N2O2/c1-12-3-5-15(6-4-12)21-19(22)14(11-20)10-16-7-8-18(23-16)17-9-13(17)2/h3-8,10,13,17H,9H2,1-2H3,(H,21,22)/b14-10+/t13-,17-/m1/s1. The molecule has 1 aliphatic carbocycles. The molecule has 116 valence electrons. The molecule has 1 saturated carbocycles. The van der Waals surface area contributed by atoms with Gasteiger partial charge in [-0.25, -0.2) is 0 Å². The first-order valence-electron chi connectivity index (χ1n) is 7.66. The number of nitrogens with one attached hydrogen (secondary N) is 1. The minimum Gasteiger partial charge on any atom is -0.461 e. The third-order valence-electron chi connectivity index (χ3n) is 4.08. The van der Waals surface area contributed by atoms with E-state index < -0.39 is 5.91 Å². The van der Waals surface area contributed by atoms with Crippen LogP contribution in [-0.2, 0) is 4.79 Å². The van der Waals surface area contributed by atoms with Crippen molar-refractivity contribution < 1.29 is 9.21 Å². The van der Waals surface area contributed by atoms with E-state index in [1.807, 2.05) is 43.3 Å². The lowest BCUT2D eigenvalue weighted by atomic mass is 10.2. The van der Waals surface area contributed by atoms with Crippen LogP contribution in [0, 0.1) is 24.2 Å². The maximum atomic E-state index is 12.2. The molecule has 1 fully saturated rings. The molecule has 1 N–H and O–H groups in total. The normalized spacial score (nSPS) is 20.0. The van der Waals surface area contributed by atoms with Gasteiger partial charge in [-0.15, -0.1) is 0 Å². The van der Waals surface area contributed by atoms with E-state index in [2.05, 4.69) is 12.2 Å². The monoisotopic (exact) mass is 306 g/mol. The fourth-order valence-corrected chi connectivity index (χ4v) is 2.49. The Hall–Kier alpha value is -2.80. The molecule has 0 saturated heterocycles. The van der Waals surface area contributed by atoms with E-state index in [0.717, 1.165) is 17.7 Å². The van der Waals surface area contributed by atoms with Crippen LogP contribution in [0.2, 0.25) is 0 Å². The lowest BCUT2D eigenvalue weighted by Gasteiger charge is -2.04. The summed E-state index contributed by atoms with van der Waals surface area (Å²) in [5, 5.41) is 11.9. The highest BCUT2D eigenvalue weighted by atomic mass is 16.3. The molecule has 1 heterocycles. The van der Waals surface area contributed by atoms with Crippen LogP contribution in [0.5, 0.6) is 0 Å². The molecule has 1 aliphatic rings. The lowest BCUT2D eigenvalue weighted by Crippen LogP contribution is -2.13. The van der Waals surface area contributed by atoms with Gasteiger partial charge in [-0.3, -0.25) is 4.79 Å². The first-order chi connectivity index (χ1) is 11.1. The highest BCUT2D eigenvalue weighted by molar-refractivity contribution is 6.09. The van der Waals surface area contributed by atoms with Gasteiger partial charge in [-0.1, -0.05) is 24.6 Å². The summed E-state index contributed by atoms with van der Waals surface area (Å²) < 4.78 is 5.72. The second-order valence-corrected chi connectivity index (χ2v) is 6.05. The van der Waals surface area contributed by atoms with Gasteiger partial charge in [-0.2, -0.15) is 5.26 Å². The molecule has 1 aromatic carbocycles. The van der Waals surface area contributed by atoms with Gasteiger partial charge in [0, 0.05) is 17.7 Å². The molecule has 0 radical (unpaired) electrons. The van der Waals surface area contributed by atoms with Gasteiger partial charge in [0.15, 0.2) is 0 Å². The molecule has 23 heavy (non-hydrogen) atoms. The smallest absolute Gasteiger partial charge is 0.266 e. The van der Waals surface area contributed by atoms with Crippen molar-refractivity contribution >= 4 is 17.7 Å². The quantitative estimate of drug-likeness (QED) is 0.678. The highest BCUT2D eigenvalue weighted by Gasteiger charge is 2.36. The summed E-state index contributed by atoms with van der Waals surface area (Å²) in [5.41, 5.74) is 1.79. The second-order valence-electron chi connectivity index (χ2n) is 6.05. The van der Waals surface area contributed by atoms with Gasteiger partial charge >= 0.3 is 0 Å². The van der Waals surface area contributed by atoms with Crippen LogP contribution in [0.4, 0.5) is 5.69 Å². The molecule has 4 nitrogen and oxygen atoms in total. The molecule has 3 rings (SSSR count). The Morgan fingerprint density at radius 3 is 2.61 bits per heavy atom. The van der Waals surface area contributed by atoms with Crippen molar-refractivity contribution in [2.75, 3.05) is 5.32 Å². The van der Waals surface area contributed by atoms with Gasteiger partial charge in [0.05, 0.1) is 0 Å². The fourth-order valence-electron chi connectivity index (χ4n) is 2.49. The topological polar surface area (TPSA) is 66.0 Å². The number of nitriles is 1. The average molecular weight is 306 g/mol. The number of hydrogen-bond acceptors (Lipinski definition) is 3. The van der Waals surface area contributed by atoms with E-state index in [-0.39, 0.29) is 5.57 Å². The Bertz CT molecular complexity index is 794. The first-order valence-corrected chi connectivity index (χ1v) is 7.66. The molecule has 0 aliphatic heterocycles. The molecule has 4 heteroatoms. The van der Waals surface area contributed by atoms with E-state index in [9.17, 15) is 10.1 Å². The largest absolute Gasteiger partial charge is 0.461 e. The molecule has 2 aromatic rings. The van der Waals surface area contributed by atoms with Crippen LogP contribution in [0.15, 0.2) is 46.4 Å². The third-order valence-corrected chi connectivity index (χ3v) is 4.08. The van der Waals surface area contributed by atoms with Crippen molar-refractivity contribution in [2.24, 2.45) is 5.92 Å². The maximum Gasteiger partial charge on any atom is 0.266 e. The van der Waals surface area contributed by atoms with E-state index in [0.29, 0.717) is 23.3 Å². The van der Waals surface area contributed by atoms with Crippen LogP contribution >= 0.6 is 0 Å². The van der Waals surface area contributed by atoms with Gasteiger partial charge in [0.2, 0.25) is 0 Å². The number of nitrogens with zero attached hydrogens (tertiary/aromatic N) is 1. The zero-order valence-electron chi connectivity index (χ0n) is 13.2. The predicted molar refractivity (Wildman–Crippen MR) is 88.6 cm³/mol. The van der Waals surface area contributed by atoms with Crippen molar-refractivity contribution in [1.82, 2.24) is 0 Å². The molecule has 0 spiro atoms. The summed E-state index contributed by atoms with van der Waals surface area (Å²) in [5.74, 6) is 2.16. The number of anilines is 1. The van der Waals surface area contributed by atoms with Crippen LogP contribution in [0.1, 0.15) is 36.3 Å². The van der Waals surface area contributed by atoms with Crippen LogP contribution in [0.3, 0.4) is 0 Å². The van der Waals surface area contributed by atoms with E-state index >= 15 is 0 Å². The number of aryl methyl sites for hydroxylation is 1. The van der Waals surface area contributed by atoms with E-state index in [1.165, 1.54) is 6.08 Å². The highest BCUT2D eigenvalue weighted by Crippen LogP contribution is 2.47. The Morgan fingerprint density at radius 2 is 2.00 bits per heavy atom. The van der Waals surface area contributed by atoms with E-state index in [1.54, 1.807) is 6.07 Å². The van der Waals surface area contributed by atoms with Gasteiger partial charge < -0.3 is 9.73 Å². The minimum absolute atomic E-state index is 0.0234. The number of carbonyl (C=O) groups excluding carboxylic acids is 1. The zero-order valence-corrected chi connectivity index (χ0v) is 13.2. The molecule has 0 unspecified atom stereocenters. The first kappa shape index (κ1) is 15.1. The summed E-state index contributed by atoms with van der Waals surface area (Å²) in [7, 11) is 0. The second kappa shape index (κ2) is 6.13. The van der Waals surface area contributed by atoms with Crippen molar-refractivity contribution in [1.29, 1.82) is 5.26 Å². The Labute approximate surface area is 135 Å². The van der Waals surface area contributed by atoms with Gasteiger partial charge in [0.1, 0.15) is 23.2 Å². The van der Waals surface area contributed by atoms with E-state index in [4.69, 9.17) is 4.42 Å². The van der Waals surface area contributed by atoms with Gasteiger partial charge in [-0.05, 0) is 43.5 Å². The summed E-state index contributed by atoms with van der Waals surface area (Å²) in [6.07, 6.45) is 2.62. The predicted octanol–water partition coefficient (Wildman–Crippen LogP) is 4.26. The molecule has 1 aromatic heterocycles. The number of hydrogen-bond donors (Lipinski definition) is 1. The van der Waals surface area contributed by atoms with Crippen molar-refractivity contribution in [3.05, 3.63) is 59.1 Å². The molecule has 0 bridgehead atoms. The number of carbonyl (C=O) groups is 1. The number of amides is 1. The van der Waals surface area contributed by atoms with Crippen LogP contribution in [-0.4, -0.2) is 5.91 Å². The van der Waals surface area contributed by atoms with Gasteiger partial charge in [0.25, 0.3) is 5.91 Å². The SMILES string of the molecule is Cc1ccc(NC(=O)/C(C#N)=C/c2ccc([C@@H]3C[C@H]3C)o2)cc1. The summed E-state index contributed by atoms with van der Waals surface area (Å²) in [4.78, 5) is 12.2. The number of furan rings is 1. The lowest BCUT2D eigenvalue weighted by molar-refractivity contribution is -0.112. The minimum atomic E-state index is -0.436. The number of rotatable bonds is 4. The maximum absolute atomic E-state index is 12.2. The molecular weight excluding hydrogens is 288 g/mol. The summed E-state index contributed by atoms with van der Waals surface area (Å²) in [6.45, 7) is 4.15. The molecular formula is C19H18N2O2. The number of benzene rings is 1. The average Bonchev–Trinajstić information content (AvgIpc) is 3.09. The summed E-state index contributed by atoms with van der Waals surface area (Å²) >= 11 is 0. The summed E-state index contributed by atoms with van der Waals surface area (Å²) in [6, 6.07) is 13.1. The van der Waals surface area contributed by atoms with Crippen molar-refractivity contribution in [2.45, 2.75) is 26.2 Å². The molecule has 2 atom stereocenters. The molecule has 1 amide bonds. The fraction of sp³-hybridized carbons (Fsp3) is 0.263. The van der Waals surface area contributed by atoms with Crippen molar-refractivity contribution in [3.8, 4) is 6.07 Å². The third kappa shape index (κ3) is 3.51. The Kier molecular flexibility index (Phi) is 4.03. The Balaban J connectivity index is 1.73.